The molecule has 154 valence electrons. The zero-order valence-electron chi connectivity index (χ0n) is 17.0. The zero-order chi connectivity index (χ0) is 21.3. The lowest BCUT2D eigenvalue weighted by atomic mass is 10.2. The summed E-state index contributed by atoms with van der Waals surface area (Å²) in [6.07, 6.45) is 1.71. The van der Waals surface area contributed by atoms with E-state index in [4.69, 9.17) is 4.74 Å². The summed E-state index contributed by atoms with van der Waals surface area (Å²) < 4.78 is 5.66. The molecule has 0 saturated heterocycles. The number of hydrogen-bond acceptors (Lipinski definition) is 4. The van der Waals surface area contributed by atoms with Crippen molar-refractivity contribution in [2.24, 2.45) is 0 Å². The summed E-state index contributed by atoms with van der Waals surface area (Å²) in [6, 6.07) is 20.0. The molecule has 0 spiro atoms. The molecule has 1 aromatic heterocycles. The Hall–Kier alpha value is -3.87. The molecule has 3 amide bonds. The summed E-state index contributed by atoms with van der Waals surface area (Å²) in [4.78, 5) is 30.0. The molecule has 3 aromatic rings. The van der Waals surface area contributed by atoms with E-state index in [1.165, 1.54) is 6.20 Å². The first-order valence-electron chi connectivity index (χ1n) is 9.58. The standard InChI is InChI=1S/C23H24N4O3/c1-17-8-11-20(12-9-17)30-21-13-10-18(16-25-21)26-23(29)24-15-14-22(28)27(2)19-6-4-3-5-7-19/h3-13,16H,14-15H2,1-2H3,(H2,24,26,29). The Kier molecular flexibility index (Phi) is 7.00. The van der Waals surface area contributed by atoms with Gasteiger partial charge in [0.25, 0.3) is 0 Å². The molecule has 0 radical (unpaired) electrons. The predicted octanol–water partition coefficient (Wildman–Crippen LogP) is 4.36. The van der Waals surface area contributed by atoms with E-state index >= 15 is 0 Å². The summed E-state index contributed by atoms with van der Waals surface area (Å²) in [6.45, 7) is 2.23. The fraction of sp³-hybridized carbons (Fsp3) is 0.174. The smallest absolute Gasteiger partial charge is 0.319 e. The Bertz CT molecular complexity index is 974. The third kappa shape index (κ3) is 6.07. The van der Waals surface area contributed by atoms with E-state index in [1.807, 2.05) is 61.5 Å². The van der Waals surface area contributed by atoms with E-state index in [0.717, 1.165) is 11.3 Å². The van der Waals surface area contributed by atoms with Crippen LogP contribution < -0.4 is 20.3 Å². The summed E-state index contributed by atoms with van der Waals surface area (Å²) in [5.74, 6) is 1.04. The van der Waals surface area contributed by atoms with Crippen molar-refractivity contribution >= 4 is 23.3 Å². The number of urea groups is 1. The van der Waals surface area contributed by atoms with Crippen LogP contribution in [-0.2, 0) is 4.79 Å². The zero-order valence-corrected chi connectivity index (χ0v) is 17.0. The maximum absolute atomic E-state index is 12.2. The van der Waals surface area contributed by atoms with Crippen LogP contribution in [0.25, 0.3) is 0 Å². The highest BCUT2D eigenvalue weighted by molar-refractivity contribution is 5.93. The quantitative estimate of drug-likeness (QED) is 0.613. The summed E-state index contributed by atoms with van der Waals surface area (Å²) in [5.41, 5.74) is 2.48. The second-order valence-electron chi connectivity index (χ2n) is 6.72. The third-order valence-electron chi connectivity index (χ3n) is 4.38. The fourth-order valence-electron chi connectivity index (χ4n) is 2.66. The van der Waals surface area contributed by atoms with Gasteiger partial charge >= 0.3 is 6.03 Å². The number of para-hydroxylation sites is 1. The van der Waals surface area contributed by atoms with Crippen molar-refractivity contribution in [2.45, 2.75) is 13.3 Å². The molecule has 0 fully saturated rings. The molecule has 0 atom stereocenters. The van der Waals surface area contributed by atoms with Gasteiger partial charge in [0, 0.05) is 31.8 Å². The summed E-state index contributed by atoms with van der Waals surface area (Å²) in [5, 5.41) is 5.35. The van der Waals surface area contributed by atoms with Gasteiger partial charge in [-0.2, -0.15) is 0 Å². The maximum atomic E-state index is 12.2. The third-order valence-corrected chi connectivity index (χ3v) is 4.38. The van der Waals surface area contributed by atoms with E-state index in [1.54, 1.807) is 24.1 Å². The molecule has 0 aliphatic rings. The van der Waals surface area contributed by atoms with Gasteiger partial charge in [-0.3, -0.25) is 4.79 Å². The minimum Gasteiger partial charge on any atom is -0.439 e. The highest BCUT2D eigenvalue weighted by Crippen LogP contribution is 2.20. The first-order chi connectivity index (χ1) is 14.5. The van der Waals surface area contributed by atoms with Gasteiger partial charge in [-0.1, -0.05) is 35.9 Å². The monoisotopic (exact) mass is 404 g/mol. The molecule has 7 heteroatoms. The van der Waals surface area contributed by atoms with Crippen molar-refractivity contribution in [3.63, 3.8) is 0 Å². The molecular formula is C23H24N4O3. The predicted molar refractivity (Wildman–Crippen MR) is 117 cm³/mol. The molecule has 2 aromatic carbocycles. The van der Waals surface area contributed by atoms with Crippen molar-refractivity contribution in [1.82, 2.24) is 10.3 Å². The highest BCUT2D eigenvalue weighted by atomic mass is 16.5. The molecule has 30 heavy (non-hydrogen) atoms. The number of aromatic nitrogens is 1. The fourth-order valence-corrected chi connectivity index (χ4v) is 2.66. The molecule has 0 unspecified atom stereocenters. The number of ether oxygens (including phenoxy) is 1. The molecule has 7 nitrogen and oxygen atoms in total. The van der Waals surface area contributed by atoms with E-state index in [-0.39, 0.29) is 18.9 Å². The normalized spacial score (nSPS) is 10.2. The van der Waals surface area contributed by atoms with Crippen LogP contribution in [0.5, 0.6) is 11.6 Å². The van der Waals surface area contributed by atoms with Gasteiger partial charge in [0.1, 0.15) is 5.75 Å². The van der Waals surface area contributed by atoms with Crippen LogP contribution in [0.4, 0.5) is 16.2 Å². The Morgan fingerprint density at radius 1 is 1.00 bits per heavy atom. The van der Waals surface area contributed by atoms with E-state index < -0.39 is 6.03 Å². The van der Waals surface area contributed by atoms with Gasteiger partial charge in [-0.15, -0.1) is 0 Å². The van der Waals surface area contributed by atoms with E-state index in [0.29, 0.717) is 17.3 Å². The number of rotatable bonds is 7. The Morgan fingerprint density at radius 2 is 1.73 bits per heavy atom. The lowest BCUT2D eigenvalue weighted by Gasteiger charge is -2.17. The minimum absolute atomic E-state index is 0.0826. The van der Waals surface area contributed by atoms with Crippen LogP contribution in [0.15, 0.2) is 72.9 Å². The van der Waals surface area contributed by atoms with Crippen LogP contribution in [0.3, 0.4) is 0 Å². The van der Waals surface area contributed by atoms with Crippen molar-refractivity contribution in [2.75, 3.05) is 23.8 Å². The second kappa shape index (κ2) is 10.1. The molecule has 2 N–H and O–H groups in total. The van der Waals surface area contributed by atoms with E-state index in [9.17, 15) is 9.59 Å². The van der Waals surface area contributed by atoms with Gasteiger partial charge in [-0.05, 0) is 37.3 Å². The van der Waals surface area contributed by atoms with Crippen molar-refractivity contribution in [3.05, 3.63) is 78.5 Å². The Labute approximate surface area is 175 Å². The van der Waals surface area contributed by atoms with Gasteiger partial charge in [-0.25, -0.2) is 9.78 Å². The van der Waals surface area contributed by atoms with Crippen molar-refractivity contribution in [3.8, 4) is 11.6 Å². The highest BCUT2D eigenvalue weighted by Gasteiger charge is 2.11. The maximum Gasteiger partial charge on any atom is 0.319 e. The van der Waals surface area contributed by atoms with Crippen LogP contribution in [0, 0.1) is 6.92 Å². The number of hydrogen-bond donors (Lipinski definition) is 2. The number of amides is 3. The summed E-state index contributed by atoms with van der Waals surface area (Å²) >= 11 is 0. The van der Waals surface area contributed by atoms with Gasteiger partial charge in [0.05, 0.1) is 11.9 Å². The van der Waals surface area contributed by atoms with Crippen LogP contribution in [-0.4, -0.2) is 30.5 Å². The van der Waals surface area contributed by atoms with Gasteiger partial charge in [0.15, 0.2) is 0 Å². The molecular weight excluding hydrogens is 380 g/mol. The van der Waals surface area contributed by atoms with Crippen LogP contribution >= 0.6 is 0 Å². The Morgan fingerprint density at radius 3 is 2.40 bits per heavy atom. The lowest BCUT2D eigenvalue weighted by molar-refractivity contribution is -0.118. The number of carbonyl (C=O) groups excluding carboxylic acids is 2. The number of nitrogens with zero attached hydrogens (tertiary/aromatic N) is 2. The van der Waals surface area contributed by atoms with Gasteiger partial charge in [0.2, 0.25) is 11.8 Å². The number of benzene rings is 2. The first kappa shape index (κ1) is 20.9. The number of anilines is 2. The SMILES string of the molecule is Cc1ccc(Oc2ccc(NC(=O)NCCC(=O)N(C)c3ccccc3)cn2)cc1. The average Bonchev–Trinajstić information content (AvgIpc) is 2.76. The number of carbonyl (C=O) groups is 2. The molecule has 0 aliphatic carbocycles. The molecule has 0 bridgehead atoms. The molecule has 3 rings (SSSR count). The van der Waals surface area contributed by atoms with E-state index in [2.05, 4.69) is 15.6 Å². The van der Waals surface area contributed by atoms with Crippen LogP contribution in [0.1, 0.15) is 12.0 Å². The average molecular weight is 404 g/mol. The number of pyridine rings is 1. The summed E-state index contributed by atoms with van der Waals surface area (Å²) in [7, 11) is 1.71. The molecule has 1 heterocycles. The minimum atomic E-state index is -0.404. The number of nitrogens with one attached hydrogen (secondary N) is 2. The van der Waals surface area contributed by atoms with Crippen molar-refractivity contribution < 1.29 is 14.3 Å². The largest absolute Gasteiger partial charge is 0.439 e. The van der Waals surface area contributed by atoms with Crippen LogP contribution in [0.2, 0.25) is 0 Å². The molecule has 0 aliphatic heterocycles. The lowest BCUT2D eigenvalue weighted by Crippen LogP contribution is -2.34. The number of aryl methyl sites for hydroxylation is 1. The first-order valence-corrected chi connectivity index (χ1v) is 9.58. The molecule has 0 saturated carbocycles. The van der Waals surface area contributed by atoms with Gasteiger partial charge < -0.3 is 20.3 Å². The topological polar surface area (TPSA) is 83.6 Å². The second-order valence-corrected chi connectivity index (χ2v) is 6.72. The van der Waals surface area contributed by atoms with Crippen molar-refractivity contribution in [1.29, 1.82) is 0 Å². The Balaban J connectivity index is 1.42.